The van der Waals surface area contributed by atoms with Gasteiger partial charge in [0.25, 0.3) is 5.67 Å². The number of nitrogens with zero attached hydrogens (tertiary/aromatic N) is 5. The van der Waals surface area contributed by atoms with Gasteiger partial charge < -0.3 is 43.6 Å². The standard InChI is InChI=1S/C42H63FN6O10/c1-11-31-42(9)34(49(39(54)59-42)18-14-13-17-48-22-30(47-23-48)29-21-44-15-16-46-29)26(5)32(50)24(3)20-40(7,55-10)36(27(6)35(52)41(8,43)38(53)57-31)58-37-33(51)28(45-12-2)19-25(4)56-37/h15-16,21-28,31,33-34,36-37,45,51H,11-14,17-20H2,1-10H3/t24-,25-,26+,27-,28+,31-,33+,34?,36-,37+,40-,41+,42-/m1/s1. The van der Waals surface area contributed by atoms with E-state index in [1.54, 1.807) is 59.5 Å². The highest BCUT2D eigenvalue weighted by Crippen LogP contribution is 2.43. The molecule has 3 fully saturated rings. The lowest BCUT2D eigenvalue weighted by Crippen LogP contribution is -2.62. The lowest BCUT2D eigenvalue weighted by Gasteiger charge is -2.46. The zero-order valence-corrected chi connectivity index (χ0v) is 36.1. The number of cyclic esters (lactones) is 1. The van der Waals surface area contributed by atoms with Gasteiger partial charge in [-0.1, -0.05) is 34.6 Å². The van der Waals surface area contributed by atoms with Crippen molar-refractivity contribution < 1.29 is 52.4 Å². The third kappa shape index (κ3) is 9.54. The highest BCUT2D eigenvalue weighted by Gasteiger charge is 2.61. The highest BCUT2D eigenvalue weighted by molar-refractivity contribution is 6.08. The summed E-state index contributed by atoms with van der Waals surface area (Å²) in [5.41, 5.74) is -4.91. The van der Waals surface area contributed by atoms with Crippen molar-refractivity contribution >= 4 is 23.6 Å². The molecule has 59 heavy (non-hydrogen) atoms. The fraction of sp³-hybridized carbons (Fsp3) is 0.738. The van der Waals surface area contributed by atoms with Crippen molar-refractivity contribution in [1.29, 1.82) is 0 Å². The largest absolute Gasteiger partial charge is 0.455 e. The summed E-state index contributed by atoms with van der Waals surface area (Å²) < 4.78 is 49.3. The number of amides is 1. The van der Waals surface area contributed by atoms with E-state index in [-0.39, 0.29) is 31.3 Å². The first kappa shape index (κ1) is 46.2. The monoisotopic (exact) mass is 830 g/mol. The van der Waals surface area contributed by atoms with Gasteiger partial charge in [0.2, 0.25) is 0 Å². The molecule has 0 bridgehead atoms. The number of aryl methyl sites for hydroxylation is 1. The van der Waals surface area contributed by atoms with E-state index in [9.17, 15) is 24.3 Å². The maximum absolute atomic E-state index is 16.9. The van der Waals surface area contributed by atoms with Crippen LogP contribution in [0.1, 0.15) is 94.4 Å². The van der Waals surface area contributed by atoms with E-state index in [1.807, 2.05) is 24.6 Å². The number of hydrogen-bond donors (Lipinski definition) is 2. The smallest absolute Gasteiger partial charge is 0.410 e. The maximum atomic E-state index is 16.9. The van der Waals surface area contributed by atoms with E-state index in [0.717, 1.165) is 6.92 Å². The van der Waals surface area contributed by atoms with Gasteiger partial charge >= 0.3 is 12.1 Å². The number of ketones is 2. The van der Waals surface area contributed by atoms with Crippen LogP contribution in [0.2, 0.25) is 0 Å². The number of carbonyl (C=O) groups is 4. The molecule has 0 radical (unpaired) electrons. The summed E-state index contributed by atoms with van der Waals surface area (Å²) in [5.74, 6) is -5.81. The summed E-state index contributed by atoms with van der Waals surface area (Å²) in [4.78, 5) is 71.0. The first-order valence-corrected chi connectivity index (χ1v) is 20.9. The number of imidazole rings is 1. The molecule has 0 spiro atoms. The van der Waals surface area contributed by atoms with E-state index in [0.29, 0.717) is 43.7 Å². The van der Waals surface area contributed by atoms with E-state index < -0.39 is 89.2 Å². The van der Waals surface area contributed by atoms with Gasteiger partial charge in [-0.05, 0) is 66.3 Å². The first-order chi connectivity index (χ1) is 27.8. The number of fused-ring (bicyclic) bond motifs is 1. The molecule has 13 atom stereocenters. The topological polar surface area (TPSA) is 194 Å². The van der Waals surface area contributed by atoms with Crippen molar-refractivity contribution in [2.24, 2.45) is 17.8 Å². The third-order valence-corrected chi connectivity index (χ3v) is 12.5. The average Bonchev–Trinajstić information content (AvgIpc) is 3.79. The molecule has 3 aliphatic heterocycles. The van der Waals surface area contributed by atoms with Crippen LogP contribution in [0.4, 0.5) is 9.18 Å². The van der Waals surface area contributed by atoms with E-state index >= 15 is 4.39 Å². The number of halogens is 1. The van der Waals surface area contributed by atoms with Crippen LogP contribution in [-0.4, -0.2) is 133 Å². The number of alkyl halides is 1. The van der Waals surface area contributed by atoms with Gasteiger partial charge in [-0.2, -0.15) is 0 Å². The van der Waals surface area contributed by atoms with Crippen LogP contribution in [0.25, 0.3) is 11.4 Å². The Morgan fingerprint density at radius 2 is 1.71 bits per heavy atom. The summed E-state index contributed by atoms with van der Waals surface area (Å²) >= 11 is 0. The molecular weight excluding hydrogens is 767 g/mol. The SMILES string of the molecule is CCN[C@H]1C[C@@H](C)O[C@@H](O[C@@H]2[C@H](C)C(=O)[C@](C)(F)C(=O)O[C@H](CC)[C@@]3(C)OC(=O)N(CCCCn4cnc(-c5cnccn5)c4)C3[C@@H](C)C(=O)[C@H](C)C[C@@]2(C)OC)[C@H]1O. The number of nitrogens with one attached hydrogen (secondary N) is 1. The number of esters is 1. The number of rotatable bonds is 12. The Hall–Kier alpha value is -3.90. The second-order valence-corrected chi connectivity index (χ2v) is 17.0. The quantitative estimate of drug-likeness (QED) is 0.173. The number of methoxy groups -OCH3 is 1. The van der Waals surface area contributed by atoms with E-state index in [2.05, 4.69) is 20.3 Å². The summed E-state index contributed by atoms with van der Waals surface area (Å²) in [6, 6.07) is -1.33. The number of hydrogen-bond acceptors (Lipinski definition) is 14. The van der Waals surface area contributed by atoms with Gasteiger partial charge in [-0.25, -0.2) is 19.0 Å². The number of carbonyl (C=O) groups excluding carboxylic acids is 4. The normalized spacial score (nSPS) is 37.5. The van der Waals surface area contributed by atoms with Crippen LogP contribution in [0.3, 0.4) is 0 Å². The first-order valence-electron chi connectivity index (χ1n) is 20.9. The van der Waals surface area contributed by atoms with Crippen LogP contribution in [0.5, 0.6) is 0 Å². The van der Waals surface area contributed by atoms with Gasteiger partial charge in [0.15, 0.2) is 17.7 Å². The average molecular weight is 831 g/mol. The van der Waals surface area contributed by atoms with Crippen LogP contribution in [0.15, 0.2) is 31.1 Å². The molecule has 0 saturated carbocycles. The van der Waals surface area contributed by atoms with Crippen LogP contribution in [-0.2, 0) is 44.6 Å². The van der Waals surface area contributed by atoms with Crippen molar-refractivity contribution in [1.82, 2.24) is 29.7 Å². The molecule has 1 unspecified atom stereocenters. The summed E-state index contributed by atoms with van der Waals surface area (Å²) in [5, 5.41) is 14.6. The zero-order chi connectivity index (χ0) is 43.4. The Labute approximate surface area is 346 Å². The van der Waals surface area contributed by atoms with Gasteiger partial charge in [0.05, 0.1) is 36.4 Å². The number of aliphatic hydroxyl groups is 1. The molecule has 328 valence electrons. The molecule has 2 aromatic heterocycles. The number of ether oxygens (including phenoxy) is 5. The van der Waals surface area contributed by atoms with E-state index in [4.69, 9.17) is 23.7 Å². The minimum absolute atomic E-state index is 0.00564. The van der Waals surface area contributed by atoms with Crippen LogP contribution in [0, 0.1) is 17.8 Å². The lowest BCUT2D eigenvalue weighted by molar-refractivity contribution is -0.290. The fourth-order valence-corrected chi connectivity index (χ4v) is 9.31. The zero-order valence-electron chi connectivity index (χ0n) is 36.1. The second-order valence-electron chi connectivity index (χ2n) is 17.0. The third-order valence-electron chi connectivity index (χ3n) is 12.5. The Bertz CT molecular complexity index is 1780. The molecule has 3 aliphatic rings. The Morgan fingerprint density at radius 1 is 1.00 bits per heavy atom. The van der Waals surface area contributed by atoms with Crippen molar-refractivity contribution in [2.75, 3.05) is 20.2 Å². The number of aliphatic hydroxyl groups excluding tert-OH is 1. The summed E-state index contributed by atoms with van der Waals surface area (Å²) in [6.07, 6.45) is 4.10. The lowest BCUT2D eigenvalue weighted by atomic mass is 9.73. The highest BCUT2D eigenvalue weighted by atomic mass is 19.1. The molecule has 5 heterocycles. The molecule has 0 aromatic carbocycles. The number of likely N-dealkylation sites (N-methyl/N-ethyl adjacent to an activating group) is 1. The maximum Gasteiger partial charge on any atom is 0.410 e. The minimum Gasteiger partial charge on any atom is -0.455 e. The summed E-state index contributed by atoms with van der Waals surface area (Å²) in [6.45, 7) is 15.8. The molecular formula is C42H63FN6O10. The van der Waals surface area contributed by atoms with E-state index in [1.165, 1.54) is 18.9 Å². The molecule has 17 heteroatoms. The Morgan fingerprint density at radius 3 is 2.36 bits per heavy atom. The van der Waals surface area contributed by atoms with Crippen molar-refractivity contribution in [2.45, 2.75) is 161 Å². The number of aromatic nitrogens is 4. The van der Waals surface area contributed by atoms with Gasteiger partial charge in [0.1, 0.15) is 29.4 Å². The van der Waals surface area contributed by atoms with Crippen LogP contribution < -0.4 is 5.32 Å². The van der Waals surface area contributed by atoms with Crippen molar-refractivity contribution in [3.63, 3.8) is 0 Å². The predicted octanol–water partition coefficient (Wildman–Crippen LogP) is 4.46. The number of Topliss-reactive ketones (excluding diaryl/α,β-unsaturated/α-hetero) is 2. The van der Waals surface area contributed by atoms with Gasteiger partial charge in [0, 0.05) is 62.6 Å². The predicted molar refractivity (Wildman–Crippen MR) is 212 cm³/mol. The Kier molecular flexibility index (Phi) is 14.7. The van der Waals surface area contributed by atoms with Crippen molar-refractivity contribution in [3.8, 4) is 11.4 Å². The molecule has 16 nitrogen and oxygen atoms in total. The Balaban J connectivity index is 1.45. The molecule has 2 aromatic rings. The van der Waals surface area contributed by atoms with Crippen LogP contribution >= 0.6 is 0 Å². The minimum atomic E-state index is -3.18. The molecule has 2 N–H and O–H groups in total. The summed E-state index contributed by atoms with van der Waals surface area (Å²) in [7, 11) is 1.40. The number of unbranched alkanes of at least 4 members (excludes halogenated alkanes) is 1. The van der Waals surface area contributed by atoms with Gasteiger partial charge in [-0.15, -0.1) is 0 Å². The molecule has 1 amide bonds. The van der Waals surface area contributed by atoms with Crippen molar-refractivity contribution in [3.05, 3.63) is 31.1 Å². The second kappa shape index (κ2) is 18.8. The fourth-order valence-electron chi connectivity index (χ4n) is 9.31. The molecule has 3 saturated heterocycles. The molecule has 5 rings (SSSR count). The molecule has 0 aliphatic carbocycles. The van der Waals surface area contributed by atoms with Gasteiger partial charge in [-0.3, -0.25) is 19.6 Å².